The van der Waals surface area contributed by atoms with Crippen molar-refractivity contribution in [3.05, 3.63) is 78.8 Å². The number of unbranched alkanes of at least 4 members (excludes halogenated alkanes) is 12. The van der Waals surface area contributed by atoms with Crippen molar-refractivity contribution in [3.8, 4) is 0 Å². The van der Waals surface area contributed by atoms with Crippen molar-refractivity contribution in [1.29, 1.82) is 0 Å². The van der Waals surface area contributed by atoms with E-state index in [2.05, 4.69) is 26.0 Å². The van der Waals surface area contributed by atoms with Crippen LogP contribution in [0, 0.1) is 36.8 Å². The summed E-state index contributed by atoms with van der Waals surface area (Å²) < 4.78 is 49.1. The van der Waals surface area contributed by atoms with Gasteiger partial charge in [0.2, 0.25) is 0 Å². The van der Waals surface area contributed by atoms with Crippen LogP contribution in [0.2, 0.25) is 0 Å². The molecule has 0 saturated heterocycles. The van der Waals surface area contributed by atoms with E-state index in [1.807, 2.05) is 12.2 Å². The maximum Gasteiger partial charge on any atom is 2.00 e. The van der Waals surface area contributed by atoms with Gasteiger partial charge < -0.3 is 0 Å². The molecule has 0 amide bonds. The van der Waals surface area contributed by atoms with Crippen LogP contribution in [0.1, 0.15) is 96.0 Å². The smallest absolute Gasteiger partial charge is 0.293 e. The average Bonchev–Trinajstić information content (AvgIpc) is 2.76. The van der Waals surface area contributed by atoms with E-state index in [9.17, 15) is 17.6 Å². The quantitative estimate of drug-likeness (QED) is 0.0697. The third-order valence-corrected chi connectivity index (χ3v) is 4.90. The molecule has 0 unspecified atom stereocenters. The minimum atomic E-state index is -1.45. The SMILES string of the molecule is [CH-]=CC=CC=CCCCCCCCCCCCCCC.[CH2-]c1c(F)c(F)cc(F)c1F.[Zr+2]. The van der Waals surface area contributed by atoms with E-state index < -0.39 is 28.8 Å². The Labute approximate surface area is 212 Å². The normalized spacial score (nSPS) is 10.8. The first-order valence-corrected chi connectivity index (χ1v) is 11.5. The zero-order valence-corrected chi connectivity index (χ0v) is 21.9. The minimum Gasteiger partial charge on any atom is -0.293 e. The Morgan fingerprint density at radius 1 is 0.719 bits per heavy atom. The van der Waals surface area contributed by atoms with Crippen LogP contribution in [0.25, 0.3) is 0 Å². The summed E-state index contributed by atoms with van der Waals surface area (Å²) in [5.74, 6) is -5.78. The van der Waals surface area contributed by atoms with Crippen molar-refractivity contribution in [1.82, 2.24) is 0 Å². The standard InChI is InChI=1S/C20H35.C7H3F4.Zr/c1-3-5-7-9-11-13-15-17-19-20-18-16-14-12-10-8-6-4-2;1-3-6(10)4(8)2-5(9)7(3)11;/h1,3,5,7,9,11H,4,6,8,10,12-20H2,2H3;2H,1H2;/q2*-1;+2. The summed E-state index contributed by atoms with van der Waals surface area (Å²) in [5.41, 5.74) is -0.887. The van der Waals surface area contributed by atoms with E-state index in [0.717, 1.165) is 0 Å². The molecule has 0 nitrogen and oxygen atoms in total. The van der Waals surface area contributed by atoms with E-state index in [1.165, 1.54) is 83.5 Å². The summed E-state index contributed by atoms with van der Waals surface area (Å²) >= 11 is 0. The van der Waals surface area contributed by atoms with Gasteiger partial charge in [0.25, 0.3) is 0 Å². The number of hydrogen-bond donors (Lipinski definition) is 0. The monoisotopic (exact) mass is 528 g/mol. The second-order valence-electron chi connectivity index (χ2n) is 7.63. The Hall–Kier alpha value is -1.09. The molecule has 1 aromatic carbocycles. The molecule has 0 atom stereocenters. The first-order chi connectivity index (χ1) is 15.0. The van der Waals surface area contributed by atoms with Crippen LogP contribution in [0.4, 0.5) is 17.6 Å². The predicted octanol–water partition coefficient (Wildman–Crippen LogP) is 9.60. The van der Waals surface area contributed by atoms with Crippen LogP contribution in [0.15, 0.2) is 36.4 Å². The van der Waals surface area contributed by atoms with Crippen molar-refractivity contribution in [2.45, 2.75) is 90.4 Å². The van der Waals surface area contributed by atoms with E-state index >= 15 is 0 Å². The van der Waals surface area contributed by atoms with Crippen LogP contribution in [0.3, 0.4) is 0 Å². The van der Waals surface area contributed by atoms with Crippen LogP contribution in [-0.4, -0.2) is 0 Å². The van der Waals surface area contributed by atoms with Gasteiger partial charge in [-0.05, 0) is 18.9 Å². The number of rotatable bonds is 15. The Kier molecular flexibility index (Phi) is 23.9. The fourth-order valence-corrected chi connectivity index (χ4v) is 3.03. The van der Waals surface area contributed by atoms with Gasteiger partial charge >= 0.3 is 26.2 Å². The van der Waals surface area contributed by atoms with Gasteiger partial charge in [-0.25, -0.2) is 20.9 Å². The van der Waals surface area contributed by atoms with Crippen molar-refractivity contribution >= 4 is 0 Å². The molecule has 0 N–H and O–H groups in total. The fraction of sp³-hybridized carbons (Fsp3) is 0.519. The summed E-state index contributed by atoms with van der Waals surface area (Å²) in [7, 11) is 0. The number of allylic oxidation sites excluding steroid dienone is 5. The van der Waals surface area contributed by atoms with Crippen molar-refractivity contribution in [3.63, 3.8) is 0 Å². The molecule has 0 bridgehead atoms. The van der Waals surface area contributed by atoms with Gasteiger partial charge in [0, 0.05) is 0 Å². The predicted molar refractivity (Wildman–Crippen MR) is 124 cm³/mol. The molecule has 0 saturated carbocycles. The van der Waals surface area contributed by atoms with Crippen LogP contribution in [-0.2, 0) is 26.2 Å². The Balaban J connectivity index is 0. The largest absolute Gasteiger partial charge is 2.00 e. The number of halogens is 4. The fourth-order valence-electron chi connectivity index (χ4n) is 3.03. The topological polar surface area (TPSA) is 0 Å². The molecular weight excluding hydrogens is 492 g/mol. The van der Waals surface area contributed by atoms with Crippen LogP contribution in [0.5, 0.6) is 0 Å². The van der Waals surface area contributed by atoms with E-state index in [4.69, 9.17) is 6.58 Å². The van der Waals surface area contributed by atoms with Gasteiger partial charge in [-0.1, -0.05) is 89.7 Å². The van der Waals surface area contributed by atoms with Crippen molar-refractivity contribution in [2.24, 2.45) is 0 Å². The van der Waals surface area contributed by atoms with E-state index in [-0.39, 0.29) is 32.3 Å². The molecule has 0 spiro atoms. The molecule has 0 aliphatic rings. The third-order valence-electron chi connectivity index (χ3n) is 4.90. The van der Waals surface area contributed by atoms with E-state index in [0.29, 0.717) is 0 Å². The second kappa shape index (κ2) is 23.1. The summed E-state index contributed by atoms with van der Waals surface area (Å²) in [6.07, 6.45) is 28.0. The third kappa shape index (κ3) is 17.5. The van der Waals surface area contributed by atoms with Gasteiger partial charge in [-0.3, -0.25) is 15.4 Å². The van der Waals surface area contributed by atoms with Gasteiger partial charge in [-0.15, -0.1) is 11.6 Å². The molecule has 1 aromatic rings. The summed E-state index contributed by atoms with van der Waals surface area (Å²) in [4.78, 5) is 0. The Bertz CT molecular complexity index is 627. The van der Waals surface area contributed by atoms with Crippen LogP contribution >= 0.6 is 0 Å². The maximum atomic E-state index is 12.3. The van der Waals surface area contributed by atoms with Gasteiger partial charge in [-0.2, -0.15) is 6.92 Å². The molecular formula is C27H38F4Zr. The summed E-state index contributed by atoms with van der Waals surface area (Å²) in [6.45, 7) is 10.3. The van der Waals surface area contributed by atoms with Crippen LogP contribution < -0.4 is 0 Å². The molecule has 0 aromatic heterocycles. The first-order valence-electron chi connectivity index (χ1n) is 11.5. The van der Waals surface area contributed by atoms with Gasteiger partial charge in [0.1, 0.15) is 11.6 Å². The molecule has 0 radical (unpaired) electrons. The number of benzene rings is 1. The molecule has 0 fully saturated rings. The average molecular weight is 530 g/mol. The van der Waals surface area contributed by atoms with Gasteiger partial charge in [0.15, 0.2) is 0 Å². The summed E-state index contributed by atoms with van der Waals surface area (Å²) in [5, 5.41) is 0. The first kappa shape index (κ1) is 33.1. The zero-order chi connectivity index (χ0) is 23.3. The Morgan fingerprint density at radius 3 is 1.59 bits per heavy atom. The van der Waals surface area contributed by atoms with Gasteiger partial charge in [0.05, 0.1) is 11.6 Å². The molecule has 178 valence electrons. The molecule has 5 heteroatoms. The zero-order valence-electron chi connectivity index (χ0n) is 19.5. The molecule has 0 aliphatic heterocycles. The van der Waals surface area contributed by atoms with E-state index in [1.54, 1.807) is 6.08 Å². The Morgan fingerprint density at radius 2 is 1.16 bits per heavy atom. The number of hydrogen-bond acceptors (Lipinski definition) is 0. The van der Waals surface area contributed by atoms with Crippen molar-refractivity contribution < 1.29 is 43.8 Å². The molecule has 1 rings (SSSR count). The molecule has 0 aliphatic carbocycles. The summed E-state index contributed by atoms with van der Waals surface area (Å²) in [6, 6.07) is 0.138. The molecule has 32 heavy (non-hydrogen) atoms. The van der Waals surface area contributed by atoms with Crippen molar-refractivity contribution in [2.75, 3.05) is 0 Å². The molecule has 0 heterocycles. The maximum absolute atomic E-state index is 12.3. The second-order valence-corrected chi connectivity index (χ2v) is 7.63. The minimum absolute atomic E-state index is 0.